The molecule has 0 saturated heterocycles. The highest BCUT2D eigenvalue weighted by Gasteiger charge is 1.81. The lowest BCUT2D eigenvalue weighted by Gasteiger charge is -1.98. The number of aliphatic hydroxyl groups excluding tert-OH is 1. The minimum atomic E-state index is -0.437. The van der Waals surface area contributed by atoms with Crippen molar-refractivity contribution in [2.75, 3.05) is 20.2 Å². The van der Waals surface area contributed by atoms with Gasteiger partial charge in [0.15, 0.2) is 13.6 Å². The van der Waals surface area contributed by atoms with E-state index in [1.54, 1.807) is 0 Å². The molecule has 1 N–H and O–H groups in total. The summed E-state index contributed by atoms with van der Waals surface area (Å²) in [6, 6.07) is 0. The monoisotopic (exact) mass is 122 g/mol. The number of aliphatic hydroxyl groups is 1. The molecule has 0 bridgehead atoms. The molecule has 4 heteroatoms. The third-order valence-corrected chi connectivity index (χ3v) is 0.472. The van der Waals surface area contributed by atoms with E-state index in [1.165, 1.54) is 0 Å². The number of rotatable bonds is 5. The summed E-state index contributed by atoms with van der Waals surface area (Å²) in [5, 5.41) is 7.96. The van der Waals surface area contributed by atoms with E-state index in [9.17, 15) is 0 Å². The predicted octanol–water partition coefficient (Wildman–Crippen LogP) is -0.122. The molecular formula is C4H10O4. The molecule has 4 nitrogen and oxygen atoms in total. The number of hydrogen-bond donors (Lipinski definition) is 1. The molecule has 0 aromatic carbocycles. The van der Waals surface area contributed by atoms with Gasteiger partial charge in [0.2, 0.25) is 0 Å². The highest BCUT2D eigenvalue weighted by Crippen LogP contribution is 1.76. The van der Waals surface area contributed by atoms with Crippen molar-refractivity contribution in [3.05, 3.63) is 0 Å². The average Bonchev–Trinajstić information content (AvgIpc) is 1.81. The number of ether oxygens (including phenoxy) is 1. The van der Waals surface area contributed by atoms with Crippen LogP contribution in [0.3, 0.4) is 0 Å². The van der Waals surface area contributed by atoms with Gasteiger partial charge in [0.1, 0.15) is 0 Å². The Kier molecular flexibility index (Phi) is 6.70. The summed E-state index contributed by atoms with van der Waals surface area (Å²) >= 11 is 0. The maximum absolute atomic E-state index is 7.96. The molecule has 0 aromatic rings. The van der Waals surface area contributed by atoms with E-state index in [4.69, 9.17) is 5.11 Å². The first kappa shape index (κ1) is 7.84. The Morgan fingerprint density at radius 1 is 1.38 bits per heavy atom. The first-order valence-corrected chi connectivity index (χ1v) is 2.34. The van der Waals surface area contributed by atoms with Crippen molar-refractivity contribution in [1.29, 1.82) is 0 Å². The summed E-state index contributed by atoms with van der Waals surface area (Å²) in [5.74, 6) is 0. The van der Waals surface area contributed by atoms with Crippen molar-refractivity contribution >= 4 is 0 Å². The van der Waals surface area contributed by atoms with Crippen molar-refractivity contribution < 1.29 is 19.6 Å². The van der Waals surface area contributed by atoms with Crippen LogP contribution in [0, 0.1) is 0 Å². The quantitative estimate of drug-likeness (QED) is 0.239. The van der Waals surface area contributed by atoms with Crippen molar-refractivity contribution in [2.45, 2.75) is 6.92 Å². The normalized spacial score (nSPS) is 9.75. The molecule has 0 radical (unpaired) electrons. The minimum Gasteiger partial charge on any atom is -0.368 e. The Labute approximate surface area is 47.9 Å². The molecule has 0 amide bonds. The van der Waals surface area contributed by atoms with E-state index >= 15 is 0 Å². The summed E-state index contributed by atoms with van der Waals surface area (Å²) in [7, 11) is 0. The Morgan fingerprint density at radius 3 is 2.62 bits per heavy atom. The molecular weight excluding hydrogens is 112 g/mol. The van der Waals surface area contributed by atoms with Crippen molar-refractivity contribution in [1.82, 2.24) is 0 Å². The minimum absolute atomic E-state index is 0.0665. The third-order valence-electron chi connectivity index (χ3n) is 0.472. The predicted molar refractivity (Wildman–Crippen MR) is 25.7 cm³/mol. The van der Waals surface area contributed by atoms with E-state index in [2.05, 4.69) is 14.5 Å². The van der Waals surface area contributed by atoms with Gasteiger partial charge in [-0.05, 0) is 6.92 Å². The largest absolute Gasteiger partial charge is 0.368 e. The van der Waals surface area contributed by atoms with Crippen LogP contribution < -0.4 is 0 Å². The fourth-order valence-electron chi connectivity index (χ4n) is 0.189. The van der Waals surface area contributed by atoms with Gasteiger partial charge in [-0.3, -0.25) is 0 Å². The Morgan fingerprint density at radius 2 is 2.12 bits per heavy atom. The second kappa shape index (κ2) is 6.84. The van der Waals surface area contributed by atoms with Gasteiger partial charge in [0, 0.05) is 6.61 Å². The summed E-state index contributed by atoms with van der Waals surface area (Å²) in [6.07, 6.45) is 0. The molecule has 0 heterocycles. The first-order valence-electron chi connectivity index (χ1n) is 2.34. The van der Waals surface area contributed by atoms with Gasteiger partial charge >= 0.3 is 0 Å². The second-order valence-corrected chi connectivity index (χ2v) is 0.975. The van der Waals surface area contributed by atoms with Crippen LogP contribution in [-0.4, -0.2) is 25.3 Å². The molecule has 0 saturated carbocycles. The highest BCUT2D eigenvalue weighted by molar-refractivity contribution is 4.01. The second-order valence-electron chi connectivity index (χ2n) is 0.975. The van der Waals surface area contributed by atoms with Crippen LogP contribution in [0.1, 0.15) is 6.92 Å². The summed E-state index contributed by atoms with van der Waals surface area (Å²) in [6.45, 7) is 2.04. The Bertz CT molecular complexity index is 33.0. The SMILES string of the molecule is CCOCOOCO. The fraction of sp³-hybridized carbons (Fsp3) is 1.00. The van der Waals surface area contributed by atoms with Crippen LogP contribution in [0.2, 0.25) is 0 Å². The lowest BCUT2D eigenvalue weighted by molar-refractivity contribution is -0.362. The molecule has 0 aliphatic heterocycles. The van der Waals surface area contributed by atoms with Crippen LogP contribution in [0.5, 0.6) is 0 Å². The van der Waals surface area contributed by atoms with Gasteiger partial charge in [-0.15, -0.1) is 0 Å². The van der Waals surface area contributed by atoms with E-state index in [1.807, 2.05) is 6.92 Å². The molecule has 0 unspecified atom stereocenters. The zero-order chi connectivity index (χ0) is 6.24. The molecule has 0 fully saturated rings. The standard InChI is InChI=1S/C4H10O4/c1-2-6-4-8-7-3-5/h5H,2-4H2,1H3. The molecule has 0 spiro atoms. The first-order chi connectivity index (χ1) is 3.91. The zero-order valence-electron chi connectivity index (χ0n) is 4.79. The maximum atomic E-state index is 7.96. The van der Waals surface area contributed by atoms with E-state index < -0.39 is 6.79 Å². The van der Waals surface area contributed by atoms with Gasteiger partial charge in [-0.25, -0.2) is 9.78 Å². The molecule has 0 aliphatic rings. The van der Waals surface area contributed by atoms with E-state index in [-0.39, 0.29) is 6.79 Å². The molecule has 0 aromatic heterocycles. The van der Waals surface area contributed by atoms with Crippen molar-refractivity contribution in [3.63, 3.8) is 0 Å². The van der Waals surface area contributed by atoms with Crippen molar-refractivity contribution in [3.8, 4) is 0 Å². The third kappa shape index (κ3) is 5.84. The summed E-state index contributed by atoms with van der Waals surface area (Å²) in [4.78, 5) is 8.32. The zero-order valence-corrected chi connectivity index (χ0v) is 4.79. The van der Waals surface area contributed by atoms with Gasteiger partial charge in [0.05, 0.1) is 0 Å². The number of hydrogen-bond acceptors (Lipinski definition) is 4. The molecule has 0 aliphatic carbocycles. The summed E-state index contributed by atoms with van der Waals surface area (Å²) < 4.78 is 4.68. The van der Waals surface area contributed by atoms with Crippen LogP contribution in [-0.2, 0) is 14.5 Å². The van der Waals surface area contributed by atoms with Crippen molar-refractivity contribution in [2.24, 2.45) is 0 Å². The van der Waals surface area contributed by atoms with Crippen LogP contribution in [0.4, 0.5) is 0 Å². The van der Waals surface area contributed by atoms with E-state index in [0.29, 0.717) is 6.61 Å². The lowest BCUT2D eigenvalue weighted by Crippen LogP contribution is -2.00. The average molecular weight is 122 g/mol. The van der Waals surface area contributed by atoms with Gasteiger partial charge in [0.25, 0.3) is 0 Å². The Hall–Kier alpha value is -0.160. The van der Waals surface area contributed by atoms with Crippen LogP contribution in [0.15, 0.2) is 0 Å². The summed E-state index contributed by atoms with van der Waals surface area (Å²) in [5.41, 5.74) is 0. The molecule has 0 atom stereocenters. The fourth-order valence-corrected chi connectivity index (χ4v) is 0.189. The van der Waals surface area contributed by atoms with Crippen LogP contribution in [0.25, 0.3) is 0 Å². The molecule has 0 rings (SSSR count). The van der Waals surface area contributed by atoms with Crippen LogP contribution >= 0.6 is 0 Å². The van der Waals surface area contributed by atoms with Gasteiger partial charge in [-0.1, -0.05) is 0 Å². The molecule has 8 heavy (non-hydrogen) atoms. The smallest absolute Gasteiger partial charge is 0.180 e. The van der Waals surface area contributed by atoms with E-state index in [0.717, 1.165) is 0 Å². The maximum Gasteiger partial charge on any atom is 0.180 e. The van der Waals surface area contributed by atoms with Gasteiger partial charge < -0.3 is 9.84 Å². The lowest BCUT2D eigenvalue weighted by atomic mass is 10.9. The highest BCUT2D eigenvalue weighted by atomic mass is 17.2. The Balaban J connectivity index is 2.53. The van der Waals surface area contributed by atoms with Gasteiger partial charge in [-0.2, -0.15) is 0 Å². The molecule has 50 valence electrons. The topological polar surface area (TPSA) is 47.9 Å².